The van der Waals surface area contributed by atoms with E-state index in [1.165, 1.54) is 34.8 Å². The molecule has 0 radical (unpaired) electrons. The van der Waals surface area contributed by atoms with E-state index in [1.54, 1.807) is 30.6 Å². The number of thiazole rings is 2. The summed E-state index contributed by atoms with van der Waals surface area (Å²) >= 11 is 2.58. The maximum Gasteiger partial charge on any atom is 0.269 e. The van der Waals surface area contributed by atoms with E-state index in [4.69, 9.17) is 0 Å². The maximum absolute atomic E-state index is 13.4. The number of rotatable bonds is 4. The van der Waals surface area contributed by atoms with Gasteiger partial charge in [-0.15, -0.1) is 22.7 Å². The van der Waals surface area contributed by atoms with E-state index < -0.39 is 0 Å². The molecule has 8 heteroatoms. The largest absolute Gasteiger partial charge is 0.297 e. The Hall–Kier alpha value is -2.97. The monoisotopic (exact) mass is 396 g/mol. The van der Waals surface area contributed by atoms with Crippen LogP contribution in [0.1, 0.15) is 15.4 Å². The number of pyridine rings is 1. The summed E-state index contributed by atoms with van der Waals surface area (Å²) in [5.74, 6) is -0.597. The van der Waals surface area contributed by atoms with E-state index in [0.717, 1.165) is 5.69 Å². The molecule has 0 aliphatic rings. The Morgan fingerprint density at radius 1 is 1.11 bits per heavy atom. The summed E-state index contributed by atoms with van der Waals surface area (Å²) in [6.07, 6.45) is 1.69. The highest BCUT2D eigenvalue weighted by Gasteiger charge is 2.18. The molecule has 27 heavy (non-hydrogen) atoms. The summed E-state index contributed by atoms with van der Waals surface area (Å²) in [4.78, 5) is 26.2. The van der Waals surface area contributed by atoms with Gasteiger partial charge < -0.3 is 0 Å². The Morgan fingerprint density at radius 2 is 2.00 bits per heavy atom. The van der Waals surface area contributed by atoms with Crippen LogP contribution in [0.25, 0.3) is 22.0 Å². The van der Waals surface area contributed by atoms with E-state index in [9.17, 15) is 9.18 Å². The second-order valence-electron chi connectivity index (χ2n) is 5.65. The SMILES string of the molecule is Cc1nc(-c2ccccn2)sc1C(=O)Nc1nc(-c2cccc(F)c2)cs1. The number of amides is 1. The summed E-state index contributed by atoms with van der Waals surface area (Å²) < 4.78 is 13.4. The summed E-state index contributed by atoms with van der Waals surface area (Å²) in [7, 11) is 0. The van der Waals surface area contributed by atoms with Crippen LogP contribution in [0.3, 0.4) is 0 Å². The molecule has 0 aliphatic carbocycles. The van der Waals surface area contributed by atoms with Crippen molar-refractivity contribution in [2.45, 2.75) is 6.92 Å². The predicted octanol–water partition coefficient (Wildman–Crippen LogP) is 5.03. The molecule has 1 aromatic carbocycles. The van der Waals surface area contributed by atoms with Crippen LogP contribution < -0.4 is 5.32 Å². The van der Waals surface area contributed by atoms with Crippen LogP contribution in [-0.4, -0.2) is 20.9 Å². The van der Waals surface area contributed by atoms with Crippen LogP contribution in [0.5, 0.6) is 0 Å². The van der Waals surface area contributed by atoms with Crippen LogP contribution in [-0.2, 0) is 0 Å². The third-order valence-electron chi connectivity index (χ3n) is 3.73. The molecule has 0 atom stereocenters. The first-order valence-electron chi connectivity index (χ1n) is 8.02. The van der Waals surface area contributed by atoms with E-state index in [0.29, 0.717) is 32.0 Å². The van der Waals surface area contributed by atoms with E-state index >= 15 is 0 Å². The standard InChI is InChI=1S/C19H13FN4OS2/c1-11-16(27-18(22-11)14-7-2-3-8-21-14)17(25)24-19-23-15(10-26-19)12-5-4-6-13(20)9-12/h2-10H,1H3,(H,23,24,25). The fraction of sp³-hybridized carbons (Fsp3) is 0.0526. The van der Waals surface area contributed by atoms with Crippen molar-refractivity contribution in [3.05, 3.63) is 70.4 Å². The van der Waals surface area contributed by atoms with Crippen molar-refractivity contribution in [2.24, 2.45) is 0 Å². The molecule has 4 rings (SSSR count). The van der Waals surface area contributed by atoms with Crippen molar-refractivity contribution in [2.75, 3.05) is 5.32 Å². The highest BCUT2D eigenvalue weighted by molar-refractivity contribution is 7.17. The first-order valence-corrected chi connectivity index (χ1v) is 9.71. The highest BCUT2D eigenvalue weighted by atomic mass is 32.1. The number of carbonyl (C=O) groups is 1. The van der Waals surface area contributed by atoms with Crippen molar-refractivity contribution in [1.29, 1.82) is 0 Å². The van der Waals surface area contributed by atoms with Crippen molar-refractivity contribution < 1.29 is 9.18 Å². The van der Waals surface area contributed by atoms with Gasteiger partial charge in [0.15, 0.2) is 5.13 Å². The van der Waals surface area contributed by atoms with Gasteiger partial charge in [0, 0.05) is 17.1 Å². The van der Waals surface area contributed by atoms with Gasteiger partial charge in [-0.1, -0.05) is 18.2 Å². The smallest absolute Gasteiger partial charge is 0.269 e. The molecular weight excluding hydrogens is 383 g/mol. The number of hydrogen-bond donors (Lipinski definition) is 1. The molecule has 1 amide bonds. The first-order chi connectivity index (χ1) is 13.1. The third kappa shape index (κ3) is 3.76. The average molecular weight is 396 g/mol. The van der Waals surface area contributed by atoms with Gasteiger partial charge in [-0.3, -0.25) is 15.1 Å². The zero-order chi connectivity index (χ0) is 18.8. The first kappa shape index (κ1) is 17.4. The lowest BCUT2D eigenvalue weighted by Crippen LogP contribution is -2.11. The summed E-state index contributed by atoms with van der Waals surface area (Å²) in [5.41, 5.74) is 2.65. The van der Waals surface area contributed by atoms with Gasteiger partial charge in [0.1, 0.15) is 15.7 Å². The van der Waals surface area contributed by atoms with Crippen LogP contribution in [0, 0.1) is 12.7 Å². The predicted molar refractivity (Wildman–Crippen MR) is 106 cm³/mol. The molecule has 3 aromatic heterocycles. The van der Waals surface area contributed by atoms with Crippen molar-refractivity contribution in [1.82, 2.24) is 15.0 Å². The minimum absolute atomic E-state index is 0.271. The van der Waals surface area contributed by atoms with Crippen LogP contribution in [0.2, 0.25) is 0 Å². The molecule has 0 spiro atoms. The number of anilines is 1. The lowest BCUT2D eigenvalue weighted by molar-refractivity contribution is 0.103. The minimum atomic E-state index is -0.326. The van der Waals surface area contributed by atoms with Gasteiger partial charge in [0.2, 0.25) is 0 Å². The summed E-state index contributed by atoms with van der Waals surface area (Å²) in [6.45, 7) is 1.79. The highest BCUT2D eigenvalue weighted by Crippen LogP contribution is 2.29. The Kier molecular flexibility index (Phi) is 4.74. The molecule has 0 unspecified atom stereocenters. The molecule has 4 aromatic rings. The average Bonchev–Trinajstić information content (AvgIpc) is 3.29. The van der Waals surface area contributed by atoms with E-state index in [-0.39, 0.29) is 11.7 Å². The lowest BCUT2D eigenvalue weighted by Gasteiger charge is -1.99. The number of hydrogen-bond acceptors (Lipinski definition) is 6. The van der Waals surface area contributed by atoms with E-state index in [2.05, 4.69) is 20.3 Å². The quantitative estimate of drug-likeness (QED) is 0.525. The molecule has 0 bridgehead atoms. The Bertz CT molecular complexity index is 1110. The van der Waals surface area contributed by atoms with Crippen LogP contribution in [0.15, 0.2) is 54.0 Å². The van der Waals surface area contributed by atoms with Gasteiger partial charge >= 0.3 is 0 Å². The lowest BCUT2D eigenvalue weighted by atomic mass is 10.2. The van der Waals surface area contributed by atoms with Gasteiger partial charge in [-0.05, 0) is 31.2 Å². The Balaban J connectivity index is 1.54. The molecule has 134 valence electrons. The topological polar surface area (TPSA) is 67.8 Å². The number of carbonyl (C=O) groups excluding carboxylic acids is 1. The fourth-order valence-corrected chi connectivity index (χ4v) is 4.12. The number of halogens is 1. The number of nitrogens with one attached hydrogen (secondary N) is 1. The van der Waals surface area contributed by atoms with Gasteiger partial charge in [-0.2, -0.15) is 0 Å². The maximum atomic E-state index is 13.4. The van der Waals surface area contributed by atoms with Crippen molar-refractivity contribution >= 4 is 33.7 Å². The second-order valence-corrected chi connectivity index (χ2v) is 7.51. The molecule has 0 aliphatic heterocycles. The zero-order valence-electron chi connectivity index (χ0n) is 14.1. The van der Waals surface area contributed by atoms with Crippen molar-refractivity contribution in [3.8, 4) is 22.0 Å². The molecule has 1 N–H and O–H groups in total. The van der Waals surface area contributed by atoms with Crippen LogP contribution >= 0.6 is 22.7 Å². The van der Waals surface area contributed by atoms with Crippen LogP contribution in [0.4, 0.5) is 9.52 Å². The zero-order valence-corrected chi connectivity index (χ0v) is 15.8. The molecule has 0 saturated carbocycles. The van der Waals surface area contributed by atoms with Gasteiger partial charge in [0.25, 0.3) is 5.91 Å². The van der Waals surface area contributed by atoms with Gasteiger partial charge in [-0.25, -0.2) is 14.4 Å². The number of aromatic nitrogens is 3. The summed E-state index contributed by atoms with van der Waals surface area (Å²) in [6, 6.07) is 11.8. The third-order valence-corrected chi connectivity index (χ3v) is 5.67. The number of benzene rings is 1. The van der Waals surface area contributed by atoms with Gasteiger partial charge in [0.05, 0.1) is 17.1 Å². The summed E-state index contributed by atoms with van der Waals surface area (Å²) in [5, 5.41) is 5.72. The molecule has 3 heterocycles. The molecule has 0 saturated heterocycles. The fourth-order valence-electron chi connectivity index (χ4n) is 2.47. The van der Waals surface area contributed by atoms with Crippen molar-refractivity contribution in [3.63, 3.8) is 0 Å². The molecule has 0 fully saturated rings. The second kappa shape index (κ2) is 7.34. The molecular formula is C19H13FN4OS2. The van der Waals surface area contributed by atoms with E-state index in [1.807, 2.05) is 18.2 Å². The normalized spacial score (nSPS) is 10.7. The molecule has 5 nitrogen and oxygen atoms in total. The minimum Gasteiger partial charge on any atom is -0.297 e. The Morgan fingerprint density at radius 3 is 2.78 bits per heavy atom. The number of nitrogens with zero attached hydrogens (tertiary/aromatic N) is 3. The Labute approximate surface area is 162 Å². The number of aryl methyl sites for hydroxylation is 1.